The van der Waals surface area contributed by atoms with Crippen molar-refractivity contribution in [3.05, 3.63) is 0 Å². The fourth-order valence-corrected chi connectivity index (χ4v) is 0. The molecule has 0 fully saturated rings. The molecule has 0 unspecified atom stereocenters. The molecule has 0 aromatic rings. The van der Waals surface area contributed by atoms with Crippen LogP contribution in [0.1, 0.15) is 0 Å². The summed E-state index contributed by atoms with van der Waals surface area (Å²) in [6.07, 6.45) is 0. The third-order valence-corrected chi connectivity index (χ3v) is 0. The van der Waals surface area contributed by atoms with Gasteiger partial charge in [-0.15, -0.1) is 0 Å². The van der Waals surface area contributed by atoms with Gasteiger partial charge in [-0.05, 0) is 0 Å². The first-order valence-corrected chi connectivity index (χ1v) is 0. The lowest BCUT2D eigenvalue weighted by Gasteiger charge is -0.345. The molecule has 0 aliphatic carbocycles. The molecule has 0 bridgehead atoms. The van der Waals surface area contributed by atoms with Gasteiger partial charge in [-0.25, -0.2) is 0 Å². The lowest BCUT2D eigenvalue weighted by molar-refractivity contribution is 1.11. The quantitative estimate of drug-likeness (QED) is 0.433. The Morgan fingerprint density at radius 3 is 0.333 bits per heavy atom. The minimum Gasteiger partial charge on any atom is -0.344 e. The Morgan fingerprint density at radius 1 is 0.333 bits per heavy atom. The Labute approximate surface area is 34.0 Å². The second-order valence-corrected chi connectivity index (χ2v) is 0. The van der Waals surface area contributed by atoms with Crippen LogP contribution in [0.4, 0.5) is 14.1 Å². The summed E-state index contributed by atoms with van der Waals surface area (Å²) in [6.45, 7) is 0. The summed E-state index contributed by atoms with van der Waals surface area (Å²) >= 11 is 0. The van der Waals surface area contributed by atoms with Crippen molar-refractivity contribution in [1.82, 2.24) is 18.5 Å². The Hall–Kier alpha value is -0.330. The second kappa shape index (κ2) is 578. The van der Waals surface area contributed by atoms with Crippen LogP contribution in [-0.2, 0) is 0 Å². The maximum Gasteiger partial charge on any atom is -0.269 e. The molecule has 0 spiro atoms. The fraction of sp³-hybridized carbons (Fsp3) is 0. The van der Waals surface area contributed by atoms with Gasteiger partial charge in [0.05, 0.1) is 0 Å². The molecule has 6 heavy (non-hydrogen) atoms. The van der Waals surface area contributed by atoms with Gasteiger partial charge in [0.1, 0.15) is 0 Å². The van der Waals surface area contributed by atoms with Gasteiger partial charge in [0.2, 0.25) is 0 Å². The van der Waals surface area contributed by atoms with Gasteiger partial charge in [-0.2, -0.15) is 0 Å². The lowest BCUT2D eigenvalue weighted by Crippen LogP contribution is -0.482. The number of halogens is 3. The average molecular weight is 111 g/mol. The molecule has 6 heteroatoms. The molecule has 0 aliphatic rings. The number of hydrogen-bond donors (Lipinski definition) is 3. The molecule has 0 saturated carbocycles. The van der Waals surface area contributed by atoms with E-state index >= 15 is 0 Å². The molecule has 0 atom stereocenters. The van der Waals surface area contributed by atoms with E-state index in [1.165, 1.54) is 0 Å². The van der Waals surface area contributed by atoms with Gasteiger partial charge >= 0.3 is 0 Å². The van der Waals surface area contributed by atoms with Crippen LogP contribution in [0.2, 0.25) is 0 Å². The first-order chi connectivity index (χ1) is 0. The van der Waals surface area contributed by atoms with Crippen molar-refractivity contribution in [3.8, 4) is 0 Å². The predicted octanol–water partition coefficient (Wildman–Crippen LogP) is 0.943. The minimum absolute atomic E-state index is 0. The Morgan fingerprint density at radius 2 is 0.333 bits per heavy atom. The summed E-state index contributed by atoms with van der Waals surface area (Å²) in [4.78, 5) is 0. The number of rotatable bonds is 0. The molecule has 0 heterocycles. The smallest absolute Gasteiger partial charge is 0.269 e. The molecule has 0 aromatic carbocycles. The number of hydrogen-bond acceptors (Lipinski definition) is 3. The molecule has 48 valence electrons. The molecule has 0 amide bonds. The third kappa shape index (κ3) is 240. The molecule has 0 radical (unpaired) electrons. The van der Waals surface area contributed by atoms with Crippen LogP contribution >= 0.6 is 0 Å². The summed E-state index contributed by atoms with van der Waals surface area (Å²) in [5.74, 6) is 0. The van der Waals surface area contributed by atoms with Crippen LogP contribution in [0.25, 0.3) is 0 Å². The van der Waals surface area contributed by atoms with Crippen molar-refractivity contribution in [1.29, 1.82) is 0 Å². The minimum atomic E-state index is 0. The predicted molar refractivity (Wildman–Crippen MR) is 22.6 cm³/mol. The summed E-state index contributed by atoms with van der Waals surface area (Å²) in [7, 11) is 0. The van der Waals surface area contributed by atoms with Crippen LogP contribution in [0, 0.1) is 0 Å². The molecular formula is H12F3N3. The van der Waals surface area contributed by atoms with Crippen LogP contribution in [0.5, 0.6) is 0 Å². The lowest BCUT2D eigenvalue weighted by atomic mass is 14.0. The second-order valence-electron chi connectivity index (χ2n) is 0. The molecule has 3 nitrogen and oxygen atoms in total. The van der Waals surface area contributed by atoms with Crippen LogP contribution < -0.4 is 18.5 Å². The Bertz CT molecular complexity index is 6.00. The average Bonchev–Trinajstić information content (AvgIpc) is 0. The van der Waals surface area contributed by atoms with E-state index in [-0.39, 0.29) is 32.6 Å². The normalized spacial score (nSPS) is 0. The van der Waals surface area contributed by atoms with E-state index in [1.54, 1.807) is 0 Å². The first-order valence-electron chi connectivity index (χ1n) is 0. The maximum atomic E-state index is 0. The molecule has 0 aromatic heterocycles. The SMILES string of the molecule is F.F.F.N.N.N. The van der Waals surface area contributed by atoms with Crippen molar-refractivity contribution >= 4 is 0 Å². The Balaban J connectivity index is 0. The molecule has 0 saturated heterocycles. The van der Waals surface area contributed by atoms with Crippen LogP contribution in [-0.4, -0.2) is 0 Å². The van der Waals surface area contributed by atoms with Crippen LogP contribution in [0.15, 0.2) is 0 Å². The van der Waals surface area contributed by atoms with E-state index < -0.39 is 0 Å². The summed E-state index contributed by atoms with van der Waals surface area (Å²) in [6, 6.07) is 0. The zero-order valence-corrected chi connectivity index (χ0v) is 3.35. The van der Waals surface area contributed by atoms with Crippen molar-refractivity contribution in [2.24, 2.45) is 0 Å². The molecule has 9 N–H and O–H groups in total. The van der Waals surface area contributed by atoms with E-state index in [2.05, 4.69) is 0 Å². The van der Waals surface area contributed by atoms with Crippen molar-refractivity contribution in [2.75, 3.05) is 0 Å². The van der Waals surface area contributed by atoms with Crippen LogP contribution in [0.3, 0.4) is 0 Å². The standard InChI is InChI=1S/3FH.3H3N/h3*1H;3*1H3. The van der Waals surface area contributed by atoms with Crippen molar-refractivity contribution < 1.29 is 14.1 Å². The summed E-state index contributed by atoms with van der Waals surface area (Å²) in [5, 5.41) is 0. The van der Waals surface area contributed by atoms with Gasteiger partial charge in [0.25, 0.3) is 0 Å². The monoisotopic (exact) mass is 111 g/mol. The van der Waals surface area contributed by atoms with Crippen molar-refractivity contribution in [2.45, 2.75) is 0 Å². The highest BCUT2D eigenvalue weighted by Gasteiger charge is -0.267. The van der Waals surface area contributed by atoms with Gasteiger partial charge in [0.15, 0.2) is 0 Å². The topological polar surface area (TPSA) is 105 Å². The third-order valence-electron chi connectivity index (χ3n) is 0. The first kappa shape index (κ1) is 1140. The van der Waals surface area contributed by atoms with E-state index in [0.29, 0.717) is 0 Å². The van der Waals surface area contributed by atoms with Crippen molar-refractivity contribution in [3.63, 3.8) is 0 Å². The van der Waals surface area contributed by atoms with Gasteiger partial charge < -0.3 is 18.5 Å². The molecule has 0 aliphatic heterocycles. The zero-order chi connectivity index (χ0) is 0. The zero-order valence-electron chi connectivity index (χ0n) is 3.35. The summed E-state index contributed by atoms with van der Waals surface area (Å²) < 4.78 is 0. The van der Waals surface area contributed by atoms with Gasteiger partial charge in [0, 0.05) is 0 Å². The highest BCUT2D eigenvalue weighted by Crippen LogP contribution is 0.422. The molecule has 0 rings (SSSR count). The largest absolute Gasteiger partial charge is 0.344 e. The van der Waals surface area contributed by atoms with E-state index in [1.807, 2.05) is 0 Å². The summed E-state index contributed by atoms with van der Waals surface area (Å²) in [5.41, 5.74) is 0. The fourth-order valence-electron chi connectivity index (χ4n) is 0. The Kier molecular flexibility index (Phi) is 109000. The van der Waals surface area contributed by atoms with Gasteiger partial charge in [-0.3, -0.25) is 14.1 Å². The highest BCUT2D eigenvalue weighted by molar-refractivity contribution is 2.14. The maximum absolute atomic E-state index is 0. The van der Waals surface area contributed by atoms with E-state index in [9.17, 15) is 0 Å². The van der Waals surface area contributed by atoms with Gasteiger partial charge in [-0.1, -0.05) is 0 Å². The highest BCUT2D eigenvalue weighted by atomic mass is 19.0. The van der Waals surface area contributed by atoms with E-state index in [4.69, 9.17) is 0 Å². The van der Waals surface area contributed by atoms with E-state index in [0.717, 1.165) is 0 Å². The molecular weight excluding hydrogens is 99.0 g/mol.